The largest absolute Gasteiger partial charge is 0.464 e. The van der Waals surface area contributed by atoms with E-state index in [1.807, 2.05) is 12.2 Å². The van der Waals surface area contributed by atoms with Crippen LogP contribution in [0.1, 0.15) is 111 Å². The molecule has 0 saturated carbocycles. The van der Waals surface area contributed by atoms with Crippen LogP contribution >= 0.6 is 0 Å². The summed E-state index contributed by atoms with van der Waals surface area (Å²) in [6.45, 7) is 9.83. The smallest absolute Gasteiger partial charge is 0.328 e. The van der Waals surface area contributed by atoms with Gasteiger partial charge in [-0.05, 0) is 104 Å². The van der Waals surface area contributed by atoms with Gasteiger partial charge < -0.3 is 20.1 Å². The minimum atomic E-state index is -4.08. The standard InChI is InChI=1S/C47H66N2O8S2/c1-5-9-20-36(7-3)34-56-46(50)44(58(52,53)42-26-13-11-14-27-42)38-22-17-24-40(32-38)48-30-19-31-49-41-25-18-23-39(33-41)45(59(54,55)43-28-15-12-16-29-43)47(51)57-35-37(8-4)21-10-6-2/h11-16,24-29,32-33,36-37,44-45,48-49H,5-10,17-23,30-31,34-35H2,1-4H3. The fraction of sp³-hybridized carbons (Fsp3) is 0.532. The normalized spacial score (nSPS) is 16.6. The zero-order valence-corrected chi connectivity index (χ0v) is 37.1. The molecule has 59 heavy (non-hydrogen) atoms. The van der Waals surface area contributed by atoms with E-state index in [1.165, 1.54) is 24.3 Å². The third-order valence-corrected chi connectivity index (χ3v) is 15.3. The van der Waals surface area contributed by atoms with Gasteiger partial charge in [0, 0.05) is 24.5 Å². The Morgan fingerprint density at radius 2 is 0.983 bits per heavy atom. The number of esters is 2. The quantitative estimate of drug-likeness (QED) is 0.0695. The molecule has 2 aliphatic rings. The number of unbranched alkanes of at least 4 members (excludes halogenated alkanes) is 2. The second-order valence-electron chi connectivity index (χ2n) is 15.6. The summed E-state index contributed by atoms with van der Waals surface area (Å²) >= 11 is 0. The van der Waals surface area contributed by atoms with Gasteiger partial charge in [0.2, 0.25) is 0 Å². The maximum absolute atomic E-state index is 14.0. The van der Waals surface area contributed by atoms with E-state index in [4.69, 9.17) is 9.47 Å². The summed E-state index contributed by atoms with van der Waals surface area (Å²) in [6.07, 6.45) is 17.9. The molecule has 10 nitrogen and oxygen atoms in total. The van der Waals surface area contributed by atoms with Crippen LogP contribution in [0, 0.1) is 11.8 Å². The van der Waals surface area contributed by atoms with E-state index < -0.39 is 42.1 Å². The van der Waals surface area contributed by atoms with Crippen molar-refractivity contribution in [3.63, 3.8) is 0 Å². The highest BCUT2D eigenvalue weighted by Gasteiger charge is 2.40. The lowest BCUT2D eigenvalue weighted by atomic mass is 9.99. The summed E-state index contributed by atoms with van der Waals surface area (Å²) in [7, 11) is -8.15. The summed E-state index contributed by atoms with van der Waals surface area (Å²) < 4.78 is 67.5. The van der Waals surface area contributed by atoms with Crippen LogP contribution in [0.2, 0.25) is 0 Å². The van der Waals surface area contributed by atoms with Gasteiger partial charge in [-0.3, -0.25) is 9.59 Å². The van der Waals surface area contributed by atoms with Crippen molar-refractivity contribution in [2.75, 3.05) is 26.3 Å². The van der Waals surface area contributed by atoms with Crippen LogP contribution in [0.25, 0.3) is 0 Å². The third kappa shape index (κ3) is 14.0. The third-order valence-electron chi connectivity index (χ3n) is 11.2. The molecule has 2 aromatic carbocycles. The molecular weight excluding hydrogens is 785 g/mol. The number of benzene rings is 2. The topological polar surface area (TPSA) is 145 Å². The van der Waals surface area contributed by atoms with E-state index in [0.29, 0.717) is 56.3 Å². The molecule has 4 atom stereocenters. The van der Waals surface area contributed by atoms with Crippen molar-refractivity contribution in [2.24, 2.45) is 11.8 Å². The van der Waals surface area contributed by atoms with Crippen molar-refractivity contribution in [3.8, 4) is 0 Å². The molecule has 4 rings (SSSR count). The zero-order chi connectivity index (χ0) is 42.7. The molecule has 2 aromatic rings. The highest BCUT2D eigenvalue weighted by Crippen LogP contribution is 2.31. The lowest BCUT2D eigenvalue weighted by molar-refractivity contribution is -0.144. The van der Waals surface area contributed by atoms with Gasteiger partial charge in [0.25, 0.3) is 0 Å². The van der Waals surface area contributed by atoms with Gasteiger partial charge in [-0.15, -0.1) is 0 Å². The number of hydrogen-bond acceptors (Lipinski definition) is 10. The molecule has 0 aliphatic heterocycles. The maximum Gasteiger partial charge on any atom is 0.328 e. The molecule has 0 fully saturated rings. The summed E-state index contributed by atoms with van der Waals surface area (Å²) in [5.74, 6) is -1.12. The first-order valence-electron chi connectivity index (χ1n) is 21.7. The number of nitrogens with one attached hydrogen (secondary N) is 2. The van der Waals surface area contributed by atoms with Crippen molar-refractivity contribution in [1.82, 2.24) is 10.6 Å². The Hall–Kier alpha value is -4.16. The van der Waals surface area contributed by atoms with Gasteiger partial charge in [0.15, 0.2) is 30.2 Å². The van der Waals surface area contributed by atoms with E-state index >= 15 is 0 Å². The molecule has 0 spiro atoms. The van der Waals surface area contributed by atoms with Crippen molar-refractivity contribution >= 4 is 31.6 Å². The Bertz CT molecular complexity index is 1850. The highest BCUT2D eigenvalue weighted by atomic mass is 32.2. The van der Waals surface area contributed by atoms with Crippen molar-refractivity contribution in [3.05, 3.63) is 108 Å². The Morgan fingerprint density at radius 3 is 1.34 bits per heavy atom. The first-order chi connectivity index (χ1) is 28.5. The zero-order valence-electron chi connectivity index (χ0n) is 35.5. The summed E-state index contributed by atoms with van der Waals surface area (Å²) in [6, 6.07) is 16.2. The van der Waals surface area contributed by atoms with Gasteiger partial charge in [-0.1, -0.05) is 115 Å². The number of sulfone groups is 2. The number of carbonyl (C=O) groups is 2. The molecular formula is C47H66N2O8S2. The minimum Gasteiger partial charge on any atom is -0.464 e. The summed E-state index contributed by atoms with van der Waals surface area (Å²) in [4.78, 5) is 27.5. The molecule has 4 unspecified atom stereocenters. The van der Waals surface area contributed by atoms with E-state index in [-0.39, 0.29) is 34.8 Å². The van der Waals surface area contributed by atoms with Crippen LogP contribution in [-0.4, -0.2) is 65.6 Å². The molecule has 0 aromatic heterocycles. The van der Waals surface area contributed by atoms with Crippen molar-refractivity contribution in [1.29, 1.82) is 0 Å². The van der Waals surface area contributed by atoms with Crippen molar-refractivity contribution < 1.29 is 35.9 Å². The van der Waals surface area contributed by atoms with E-state index in [9.17, 15) is 26.4 Å². The second-order valence-corrected chi connectivity index (χ2v) is 19.7. The second kappa shape index (κ2) is 24.2. The number of hydrogen-bond donors (Lipinski definition) is 2. The Balaban J connectivity index is 1.42. The molecule has 0 radical (unpaired) electrons. The first-order valence-corrected chi connectivity index (χ1v) is 24.7. The molecule has 0 heterocycles. The van der Waals surface area contributed by atoms with Gasteiger partial charge >= 0.3 is 11.9 Å². The van der Waals surface area contributed by atoms with Gasteiger partial charge in [-0.25, -0.2) is 16.8 Å². The number of carbonyl (C=O) groups excluding carboxylic acids is 2. The highest BCUT2D eigenvalue weighted by molar-refractivity contribution is 7.93. The summed E-state index contributed by atoms with van der Waals surface area (Å²) in [5.41, 5.74) is 2.48. The summed E-state index contributed by atoms with van der Waals surface area (Å²) in [5, 5.41) is 3.91. The monoisotopic (exact) mass is 850 g/mol. The average molecular weight is 851 g/mol. The van der Waals surface area contributed by atoms with Crippen LogP contribution in [0.4, 0.5) is 0 Å². The SMILES string of the molecule is CCCCC(CC)COC(=O)C(C1=CC(NCCCNC2=CCCC(C(C(=O)OCC(CC)CCCC)S(=O)(=O)c3ccccc3)=C2)=CCC1)S(=O)(=O)c1ccccc1. The van der Waals surface area contributed by atoms with Crippen LogP contribution in [-0.2, 0) is 38.7 Å². The van der Waals surface area contributed by atoms with Gasteiger partial charge in [0.1, 0.15) is 0 Å². The first kappa shape index (κ1) is 47.5. The lowest BCUT2D eigenvalue weighted by Crippen LogP contribution is -2.36. The Kier molecular flexibility index (Phi) is 19.5. The van der Waals surface area contributed by atoms with Crippen molar-refractivity contribution in [2.45, 2.75) is 131 Å². The molecule has 12 heteroatoms. The molecule has 324 valence electrons. The molecule has 0 saturated heterocycles. The predicted molar refractivity (Wildman–Crippen MR) is 235 cm³/mol. The Labute approximate surface area is 353 Å². The number of allylic oxidation sites excluding steroid dienone is 4. The minimum absolute atomic E-state index is 0.0821. The van der Waals surface area contributed by atoms with E-state index in [1.54, 1.807) is 48.6 Å². The number of ether oxygens (including phenoxy) is 2. The Morgan fingerprint density at radius 1 is 0.593 bits per heavy atom. The van der Waals surface area contributed by atoms with Gasteiger partial charge in [0.05, 0.1) is 23.0 Å². The van der Waals surface area contributed by atoms with Crippen LogP contribution < -0.4 is 10.6 Å². The van der Waals surface area contributed by atoms with E-state index in [0.717, 1.165) is 62.8 Å². The van der Waals surface area contributed by atoms with Crippen LogP contribution in [0.5, 0.6) is 0 Å². The lowest BCUT2D eigenvalue weighted by Gasteiger charge is -2.24. The predicted octanol–water partition coefficient (Wildman–Crippen LogP) is 8.97. The molecule has 2 aliphatic carbocycles. The molecule has 2 N–H and O–H groups in total. The fourth-order valence-corrected chi connectivity index (χ4v) is 10.9. The maximum atomic E-state index is 14.0. The average Bonchev–Trinajstić information content (AvgIpc) is 3.24. The van der Waals surface area contributed by atoms with E-state index in [2.05, 4.69) is 38.3 Å². The molecule has 0 bridgehead atoms. The fourth-order valence-electron chi connectivity index (χ4n) is 7.46. The molecule has 0 amide bonds. The number of rotatable bonds is 26. The van der Waals surface area contributed by atoms with Crippen LogP contribution in [0.3, 0.4) is 0 Å². The van der Waals surface area contributed by atoms with Gasteiger partial charge in [-0.2, -0.15) is 0 Å². The van der Waals surface area contributed by atoms with Crippen LogP contribution in [0.15, 0.2) is 117 Å².